The average Bonchev–Trinajstić information content (AvgIpc) is 3.13. The quantitative estimate of drug-likeness (QED) is 0.136. The molecule has 0 radical (unpaired) electrons. The van der Waals surface area contributed by atoms with Gasteiger partial charge in [0.15, 0.2) is 0 Å². The van der Waals surface area contributed by atoms with E-state index < -0.39 is 48.1 Å². The van der Waals surface area contributed by atoms with E-state index >= 15 is 0 Å². The molecule has 13 nitrogen and oxygen atoms in total. The summed E-state index contributed by atoms with van der Waals surface area (Å²) < 4.78 is 5.84. The lowest BCUT2D eigenvalue weighted by atomic mass is 9.96. The van der Waals surface area contributed by atoms with Crippen LogP contribution in [-0.4, -0.2) is 90.7 Å². The topological polar surface area (TPSA) is 187 Å². The molecular formula is C41H62N6O7. The van der Waals surface area contributed by atoms with Crippen LogP contribution in [0.25, 0.3) is 0 Å². The average molecular weight is 751 g/mol. The van der Waals surface area contributed by atoms with Crippen molar-refractivity contribution in [2.24, 2.45) is 17.8 Å². The SMILES string of the molecule is CCC(C)[C@@H]1NC(=O)[C@@H](NC[C@@H](O)[C@H](Cc2ccccc2)NC(=O)C(NC(=O)C(CC(C)C)NC(C)=O)C(C)C)Cc2ccc(cc2)OCCCNC1=O. The van der Waals surface area contributed by atoms with Crippen molar-refractivity contribution in [3.63, 3.8) is 0 Å². The Kier molecular flexibility index (Phi) is 17.9. The summed E-state index contributed by atoms with van der Waals surface area (Å²) in [5, 5.41) is 29.3. The lowest BCUT2D eigenvalue weighted by molar-refractivity contribution is -0.133. The van der Waals surface area contributed by atoms with Gasteiger partial charge < -0.3 is 41.7 Å². The normalized spacial score (nSPS) is 19.5. The molecule has 2 heterocycles. The van der Waals surface area contributed by atoms with Crippen LogP contribution < -0.4 is 36.6 Å². The third-order valence-corrected chi connectivity index (χ3v) is 9.67. The van der Waals surface area contributed by atoms with Gasteiger partial charge in [0.2, 0.25) is 29.5 Å². The summed E-state index contributed by atoms with van der Waals surface area (Å²) in [6.45, 7) is 13.5. The second kappa shape index (κ2) is 22.0. The van der Waals surface area contributed by atoms with E-state index in [9.17, 15) is 29.1 Å². The maximum Gasteiger partial charge on any atom is 0.243 e. The zero-order valence-electron chi connectivity index (χ0n) is 32.9. The molecule has 0 aromatic heterocycles. The van der Waals surface area contributed by atoms with E-state index in [4.69, 9.17) is 4.74 Å². The molecule has 7 N–H and O–H groups in total. The predicted octanol–water partition coefficient (Wildman–Crippen LogP) is 2.40. The van der Waals surface area contributed by atoms with Gasteiger partial charge in [0.1, 0.15) is 23.9 Å². The van der Waals surface area contributed by atoms with Crippen LogP contribution in [0.15, 0.2) is 54.6 Å². The number of carbonyl (C=O) groups excluding carboxylic acids is 5. The molecule has 298 valence electrons. The molecule has 0 saturated carbocycles. The molecular weight excluding hydrogens is 688 g/mol. The Bertz CT molecular complexity index is 1500. The lowest BCUT2D eigenvalue weighted by Gasteiger charge is -2.31. The van der Waals surface area contributed by atoms with Gasteiger partial charge in [0.05, 0.1) is 24.8 Å². The minimum Gasteiger partial charge on any atom is -0.494 e. The largest absolute Gasteiger partial charge is 0.494 e. The lowest BCUT2D eigenvalue weighted by Crippen LogP contribution is -2.60. The highest BCUT2D eigenvalue weighted by Gasteiger charge is 2.33. The summed E-state index contributed by atoms with van der Waals surface area (Å²) >= 11 is 0. The van der Waals surface area contributed by atoms with E-state index in [1.807, 2.05) is 96.1 Å². The number of rotatable bonds is 16. The highest BCUT2D eigenvalue weighted by atomic mass is 16.5. The summed E-state index contributed by atoms with van der Waals surface area (Å²) in [5.41, 5.74) is 1.72. The van der Waals surface area contributed by atoms with Gasteiger partial charge >= 0.3 is 0 Å². The first-order valence-electron chi connectivity index (χ1n) is 19.3. The first kappa shape index (κ1) is 43.9. The Balaban J connectivity index is 1.86. The van der Waals surface area contributed by atoms with Gasteiger partial charge in [-0.05, 0) is 66.7 Å². The fourth-order valence-corrected chi connectivity index (χ4v) is 6.32. The van der Waals surface area contributed by atoms with Gasteiger partial charge in [-0.2, -0.15) is 0 Å². The van der Waals surface area contributed by atoms with E-state index in [-0.39, 0.29) is 54.9 Å². The molecule has 0 aliphatic carbocycles. The highest BCUT2D eigenvalue weighted by Crippen LogP contribution is 2.16. The monoisotopic (exact) mass is 750 g/mol. The van der Waals surface area contributed by atoms with Crippen molar-refractivity contribution in [1.82, 2.24) is 31.9 Å². The molecule has 2 aliphatic heterocycles. The number of aliphatic hydroxyl groups excluding tert-OH is 1. The summed E-state index contributed by atoms with van der Waals surface area (Å²) in [6, 6.07) is 12.7. The molecule has 0 saturated heterocycles. The Morgan fingerprint density at radius 3 is 2.20 bits per heavy atom. The van der Waals surface area contributed by atoms with E-state index in [1.54, 1.807) is 0 Å². The Hall–Kier alpha value is -4.49. The number of ether oxygens (including phenoxy) is 1. The molecule has 54 heavy (non-hydrogen) atoms. The minimum atomic E-state index is -1.17. The summed E-state index contributed by atoms with van der Waals surface area (Å²) in [7, 11) is 0. The second-order valence-electron chi connectivity index (χ2n) is 15.2. The number of nitrogens with one attached hydrogen (secondary N) is 6. The molecule has 7 atom stereocenters. The van der Waals surface area contributed by atoms with Crippen LogP contribution in [0, 0.1) is 17.8 Å². The smallest absolute Gasteiger partial charge is 0.243 e. The van der Waals surface area contributed by atoms with Crippen molar-refractivity contribution < 1.29 is 33.8 Å². The molecule has 4 rings (SSSR count). The van der Waals surface area contributed by atoms with Gasteiger partial charge in [-0.3, -0.25) is 24.0 Å². The molecule has 0 fully saturated rings. The molecule has 3 unspecified atom stereocenters. The summed E-state index contributed by atoms with van der Waals surface area (Å²) in [5.74, 6) is -1.60. The summed E-state index contributed by atoms with van der Waals surface area (Å²) in [4.78, 5) is 66.3. The van der Waals surface area contributed by atoms with E-state index in [2.05, 4.69) is 31.9 Å². The van der Waals surface area contributed by atoms with Crippen molar-refractivity contribution in [2.75, 3.05) is 19.7 Å². The Morgan fingerprint density at radius 1 is 0.907 bits per heavy atom. The van der Waals surface area contributed by atoms with Gasteiger partial charge in [-0.1, -0.05) is 90.4 Å². The highest BCUT2D eigenvalue weighted by molar-refractivity contribution is 5.92. The number of hydrogen-bond acceptors (Lipinski definition) is 8. The van der Waals surface area contributed by atoms with Crippen LogP contribution >= 0.6 is 0 Å². The fourth-order valence-electron chi connectivity index (χ4n) is 6.32. The van der Waals surface area contributed by atoms with Crippen molar-refractivity contribution in [3.8, 4) is 5.75 Å². The van der Waals surface area contributed by atoms with Crippen LogP contribution in [-0.2, 0) is 36.8 Å². The number of amides is 5. The Labute approximate surface area is 320 Å². The first-order chi connectivity index (χ1) is 25.7. The van der Waals surface area contributed by atoms with Crippen LogP contribution in [0.5, 0.6) is 5.75 Å². The predicted molar refractivity (Wildman–Crippen MR) is 208 cm³/mol. The Morgan fingerprint density at radius 2 is 1.59 bits per heavy atom. The maximum atomic E-state index is 13.9. The van der Waals surface area contributed by atoms with E-state index in [0.29, 0.717) is 38.2 Å². The van der Waals surface area contributed by atoms with Crippen molar-refractivity contribution in [2.45, 2.75) is 117 Å². The van der Waals surface area contributed by atoms with E-state index in [1.165, 1.54) is 6.92 Å². The van der Waals surface area contributed by atoms with E-state index in [0.717, 1.165) is 11.1 Å². The molecule has 2 aromatic rings. The zero-order valence-corrected chi connectivity index (χ0v) is 32.9. The number of hydrogen-bond donors (Lipinski definition) is 7. The molecule has 13 heteroatoms. The molecule has 2 aliphatic rings. The zero-order chi connectivity index (χ0) is 39.8. The maximum absolute atomic E-state index is 13.9. The van der Waals surface area contributed by atoms with Crippen LogP contribution in [0.3, 0.4) is 0 Å². The second-order valence-corrected chi connectivity index (χ2v) is 15.2. The van der Waals surface area contributed by atoms with Gasteiger partial charge in [-0.25, -0.2) is 0 Å². The molecule has 5 amide bonds. The van der Waals surface area contributed by atoms with Crippen LogP contribution in [0.4, 0.5) is 0 Å². The number of benzene rings is 2. The number of carbonyl (C=O) groups is 5. The third-order valence-electron chi connectivity index (χ3n) is 9.67. The number of aliphatic hydroxyl groups is 1. The summed E-state index contributed by atoms with van der Waals surface area (Å²) in [6.07, 6.45) is 1.04. The minimum absolute atomic E-state index is 0.0744. The van der Waals surface area contributed by atoms with Gasteiger partial charge in [-0.15, -0.1) is 0 Å². The number of fused-ring (bicyclic) bond motifs is 12. The van der Waals surface area contributed by atoms with Crippen LogP contribution in [0.2, 0.25) is 0 Å². The van der Waals surface area contributed by atoms with Crippen molar-refractivity contribution in [1.29, 1.82) is 0 Å². The van der Waals surface area contributed by atoms with Crippen molar-refractivity contribution in [3.05, 3.63) is 65.7 Å². The van der Waals surface area contributed by atoms with Gasteiger partial charge in [0, 0.05) is 20.0 Å². The third kappa shape index (κ3) is 14.4. The molecule has 2 aromatic carbocycles. The standard InChI is InChI=1S/C41H62N6O7/c1-8-27(6)37-40(52)42-19-12-20-54-31-17-15-30(16-18-31)23-33(38(50)47-37)43-24-35(49)32(22-29-13-10-9-11-14-29)45-41(53)36(26(4)5)46-39(51)34(21-25(2)3)44-28(7)48/h9-11,13-18,25-27,32-37,43,49H,8,12,19-24H2,1-7H3,(H,42,52)(H,44,48)(H,45,53)(H,46,51)(H,47,50)/t27?,32-,33-,34?,35+,36?,37-/m0/s1. The van der Waals surface area contributed by atoms with Crippen molar-refractivity contribution >= 4 is 29.5 Å². The van der Waals surface area contributed by atoms with Gasteiger partial charge in [0.25, 0.3) is 0 Å². The van der Waals surface area contributed by atoms with Crippen LogP contribution in [0.1, 0.15) is 78.9 Å². The molecule has 2 bridgehead atoms. The molecule has 0 spiro atoms. The fraction of sp³-hybridized carbons (Fsp3) is 0.585. The first-order valence-corrected chi connectivity index (χ1v) is 19.3.